The number of nitrogens with zero attached hydrogens (tertiary/aromatic N) is 4. The smallest absolute Gasteiger partial charge is 0.258 e. The highest BCUT2D eigenvalue weighted by Gasteiger charge is 2.36. The SMILES string of the molecule is Cc1nsc(Cc2cnc3ccccc3n2)c1C(=O)Nc1cccc(NS(=O)(=O)C2CCN(C(=O)CC(C)(C)C)C2)c1. The molecule has 2 aromatic carbocycles. The fourth-order valence-electron chi connectivity index (χ4n) is 4.95. The average Bonchev–Trinajstić information content (AvgIpc) is 3.56. The summed E-state index contributed by atoms with van der Waals surface area (Å²) in [5.41, 5.74) is 3.98. The molecule has 12 heteroatoms. The first-order valence-electron chi connectivity index (χ1n) is 13.7. The van der Waals surface area contributed by atoms with Crippen molar-refractivity contribution in [2.75, 3.05) is 23.1 Å². The summed E-state index contributed by atoms with van der Waals surface area (Å²) in [5, 5.41) is 2.18. The van der Waals surface area contributed by atoms with Gasteiger partial charge in [-0.2, -0.15) is 4.37 Å². The minimum atomic E-state index is -3.75. The Morgan fingerprint density at radius 2 is 1.81 bits per heavy atom. The molecular weight excluding hydrogens is 573 g/mol. The van der Waals surface area contributed by atoms with E-state index in [4.69, 9.17) is 0 Å². The van der Waals surface area contributed by atoms with Gasteiger partial charge in [-0.25, -0.2) is 13.4 Å². The molecule has 1 fully saturated rings. The Labute approximate surface area is 249 Å². The molecule has 5 rings (SSSR count). The van der Waals surface area contributed by atoms with Crippen LogP contribution in [0.25, 0.3) is 11.0 Å². The summed E-state index contributed by atoms with van der Waals surface area (Å²) in [6, 6.07) is 14.2. The third-order valence-electron chi connectivity index (χ3n) is 7.00. The Balaban J connectivity index is 1.25. The topological polar surface area (TPSA) is 134 Å². The van der Waals surface area contributed by atoms with Crippen LogP contribution in [-0.4, -0.2) is 57.8 Å². The molecule has 0 spiro atoms. The highest BCUT2D eigenvalue weighted by molar-refractivity contribution is 7.93. The van der Waals surface area contributed by atoms with Gasteiger partial charge in [0.05, 0.1) is 38.9 Å². The summed E-state index contributed by atoms with van der Waals surface area (Å²) in [7, 11) is -3.75. The fourth-order valence-corrected chi connectivity index (χ4v) is 7.25. The number of likely N-dealkylation sites (tertiary alicyclic amines) is 1. The average molecular weight is 607 g/mol. The third kappa shape index (κ3) is 6.93. The second kappa shape index (κ2) is 11.8. The van der Waals surface area contributed by atoms with Gasteiger partial charge in [0.2, 0.25) is 15.9 Å². The standard InChI is InChI=1S/C30H34N6O4S2/c1-19-28(26(41-34-19)15-22-17-31-24-10-5-6-11-25(24)32-22)29(38)33-20-8-7-9-21(14-20)35-42(39,40)23-12-13-36(18-23)27(37)16-30(2,3)4/h5-11,14,17,23,35H,12-13,15-16,18H2,1-4H3,(H,33,38). The molecule has 10 nitrogen and oxygen atoms in total. The van der Waals surface area contributed by atoms with Crippen LogP contribution in [0.2, 0.25) is 0 Å². The molecule has 1 atom stereocenters. The van der Waals surface area contributed by atoms with Crippen molar-refractivity contribution < 1.29 is 18.0 Å². The monoisotopic (exact) mass is 606 g/mol. The number of aromatic nitrogens is 3. The normalized spacial score (nSPS) is 15.6. The molecule has 220 valence electrons. The van der Waals surface area contributed by atoms with Crippen LogP contribution in [0, 0.1) is 12.3 Å². The summed E-state index contributed by atoms with van der Waals surface area (Å²) < 4.78 is 33.4. The number of para-hydroxylation sites is 2. The first-order chi connectivity index (χ1) is 19.9. The summed E-state index contributed by atoms with van der Waals surface area (Å²) in [4.78, 5) is 37.5. The van der Waals surface area contributed by atoms with Crippen LogP contribution in [0.5, 0.6) is 0 Å². The predicted octanol–water partition coefficient (Wildman–Crippen LogP) is 5.02. The number of rotatable bonds is 8. The first kappa shape index (κ1) is 29.6. The van der Waals surface area contributed by atoms with Crippen LogP contribution in [0.15, 0.2) is 54.7 Å². The molecule has 3 heterocycles. The van der Waals surface area contributed by atoms with Crippen LogP contribution in [0.3, 0.4) is 0 Å². The number of hydrogen-bond acceptors (Lipinski definition) is 8. The number of anilines is 2. The predicted molar refractivity (Wildman–Crippen MR) is 165 cm³/mol. The molecule has 2 amide bonds. The number of carbonyl (C=O) groups is 2. The molecule has 0 saturated carbocycles. The van der Waals surface area contributed by atoms with Crippen molar-refractivity contribution in [3.63, 3.8) is 0 Å². The van der Waals surface area contributed by atoms with E-state index in [1.54, 1.807) is 42.3 Å². The highest BCUT2D eigenvalue weighted by atomic mass is 32.2. The maximum atomic E-state index is 13.4. The highest BCUT2D eigenvalue weighted by Crippen LogP contribution is 2.27. The van der Waals surface area contributed by atoms with Gasteiger partial charge < -0.3 is 10.2 Å². The van der Waals surface area contributed by atoms with Gasteiger partial charge in [-0.15, -0.1) is 0 Å². The summed E-state index contributed by atoms with van der Waals surface area (Å²) in [5.74, 6) is -0.371. The van der Waals surface area contributed by atoms with Crippen molar-refractivity contribution in [1.29, 1.82) is 0 Å². The van der Waals surface area contributed by atoms with E-state index in [1.165, 1.54) is 11.5 Å². The van der Waals surface area contributed by atoms with E-state index in [2.05, 4.69) is 24.4 Å². The molecule has 2 aromatic heterocycles. The molecule has 1 aliphatic rings. The van der Waals surface area contributed by atoms with Crippen LogP contribution in [0.1, 0.15) is 60.2 Å². The van der Waals surface area contributed by atoms with Crippen molar-refractivity contribution >= 4 is 55.8 Å². The Morgan fingerprint density at radius 1 is 1.07 bits per heavy atom. The molecular formula is C30H34N6O4S2. The Morgan fingerprint density at radius 3 is 2.57 bits per heavy atom. The number of carbonyl (C=O) groups excluding carboxylic acids is 2. The number of benzene rings is 2. The molecule has 0 bridgehead atoms. The third-order valence-corrected chi connectivity index (χ3v) is 9.72. The zero-order chi connectivity index (χ0) is 30.1. The van der Waals surface area contributed by atoms with E-state index < -0.39 is 15.3 Å². The molecule has 1 saturated heterocycles. The van der Waals surface area contributed by atoms with Crippen LogP contribution in [-0.2, 0) is 21.2 Å². The van der Waals surface area contributed by atoms with Crippen LogP contribution >= 0.6 is 11.5 Å². The molecule has 4 aromatic rings. The maximum absolute atomic E-state index is 13.4. The number of sulfonamides is 1. The fraction of sp³-hybridized carbons (Fsp3) is 0.367. The van der Waals surface area contributed by atoms with E-state index in [-0.39, 0.29) is 23.8 Å². The molecule has 1 aliphatic heterocycles. The second-order valence-corrected chi connectivity index (χ2v) is 14.6. The number of amides is 2. The van der Waals surface area contributed by atoms with E-state index in [0.29, 0.717) is 48.4 Å². The minimum Gasteiger partial charge on any atom is -0.341 e. The van der Waals surface area contributed by atoms with Gasteiger partial charge in [0.15, 0.2) is 0 Å². The lowest BCUT2D eigenvalue weighted by Crippen LogP contribution is -2.35. The van der Waals surface area contributed by atoms with E-state index >= 15 is 0 Å². The second-order valence-electron chi connectivity index (χ2n) is 11.8. The molecule has 42 heavy (non-hydrogen) atoms. The van der Waals surface area contributed by atoms with Gasteiger partial charge in [-0.3, -0.25) is 19.3 Å². The van der Waals surface area contributed by atoms with Gasteiger partial charge in [0.1, 0.15) is 0 Å². The molecule has 0 aliphatic carbocycles. The van der Waals surface area contributed by atoms with Gasteiger partial charge in [-0.05, 0) is 60.6 Å². The lowest BCUT2D eigenvalue weighted by molar-refractivity contribution is -0.131. The van der Waals surface area contributed by atoms with Crippen molar-refractivity contribution in [1.82, 2.24) is 19.2 Å². The van der Waals surface area contributed by atoms with Crippen LogP contribution < -0.4 is 10.0 Å². The van der Waals surface area contributed by atoms with E-state index in [9.17, 15) is 18.0 Å². The summed E-state index contributed by atoms with van der Waals surface area (Å²) >= 11 is 1.25. The number of fused-ring (bicyclic) bond motifs is 1. The van der Waals surface area contributed by atoms with Gasteiger partial charge in [-0.1, -0.05) is 39.0 Å². The van der Waals surface area contributed by atoms with Crippen molar-refractivity contribution in [2.24, 2.45) is 5.41 Å². The van der Waals surface area contributed by atoms with Crippen molar-refractivity contribution in [3.8, 4) is 0 Å². The van der Waals surface area contributed by atoms with Crippen molar-refractivity contribution in [3.05, 3.63) is 76.6 Å². The Kier molecular flexibility index (Phi) is 8.29. The Bertz CT molecular complexity index is 1750. The zero-order valence-electron chi connectivity index (χ0n) is 24.0. The number of hydrogen-bond donors (Lipinski definition) is 2. The van der Waals surface area contributed by atoms with Crippen molar-refractivity contribution in [2.45, 2.75) is 52.2 Å². The Hall–Kier alpha value is -3.90. The number of nitrogens with one attached hydrogen (secondary N) is 2. The van der Waals surface area contributed by atoms with Crippen LogP contribution in [0.4, 0.5) is 11.4 Å². The van der Waals surface area contributed by atoms with E-state index in [1.807, 2.05) is 45.0 Å². The van der Waals surface area contributed by atoms with Gasteiger partial charge in [0.25, 0.3) is 5.91 Å². The zero-order valence-corrected chi connectivity index (χ0v) is 25.7. The summed E-state index contributed by atoms with van der Waals surface area (Å²) in [6.07, 6.45) is 2.85. The largest absolute Gasteiger partial charge is 0.341 e. The lowest BCUT2D eigenvalue weighted by atomic mass is 9.92. The number of aryl methyl sites for hydroxylation is 1. The van der Waals surface area contributed by atoms with Gasteiger partial charge >= 0.3 is 0 Å². The lowest BCUT2D eigenvalue weighted by Gasteiger charge is -2.23. The maximum Gasteiger partial charge on any atom is 0.258 e. The minimum absolute atomic E-state index is 0.0323. The molecule has 1 unspecified atom stereocenters. The summed E-state index contributed by atoms with van der Waals surface area (Å²) in [6.45, 7) is 8.31. The molecule has 0 radical (unpaired) electrons. The first-order valence-corrected chi connectivity index (χ1v) is 16.1. The van der Waals surface area contributed by atoms with Gasteiger partial charge in [0, 0.05) is 42.7 Å². The molecule has 2 N–H and O–H groups in total. The van der Waals surface area contributed by atoms with E-state index in [0.717, 1.165) is 21.6 Å². The quantitative estimate of drug-likeness (QED) is 0.288.